The minimum absolute atomic E-state index is 0.432. The van der Waals surface area contributed by atoms with Crippen molar-refractivity contribution >= 4 is 17.7 Å². The van der Waals surface area contributed by atoms with E-state index in [0.29, 0.717) is 12.1 Å². The third-order valence-electron chi connectivity index (χ3n) is 5.09. The number of fused-ring (bicyclic) bond motifs is 1. The summed E-state index contributed by atoms with van der Waals surface area (Å²) >= 11 is 2.08. The molecule has 6 heteroatoms. The van der Waals surface area contributed by atoms with E-state index in [-0.39, 0.29) is 0 Å². The van der Waals surface area contributed by atoms with Gasteiger partial charge >= 0.3 is 0 Å². The zero-order chi connectivity index (χ0) is 16.9. The Hall–Kier alpha value is -1.17. The standard InChI is InChI=1S/C18H31N5S/c1-13(2)23-12-15-4-5-16(10-17(15)22-23)21-18(19-3)20-11-14-6-8-24-9-7-14/h12-14,16H,4-11H2,1-3H3,(H2,19,20,21). The Morgan fingerprint density at radius 1 is 1.38 bits per heavy atom. The molecule has 0 bridgehead atoms. The molecule has 1 aliphatic heterocycles. The summed E-state index contributed by atoms with van der Waals surface area (Å²) in [4.78, 5) is 4.42. The summed E-state index contributed by atoms with van der Waals surface area (Å²) in [5.41, 5.74) is 2.68. The van der Waals surface area contributed by atoms with Gasteiger partial charge in [0.2, 0.25) is 0 Å². The van der Waals surface area contributed by atoms with Crippen LogP contribution in [0.5, 0.6) is 0 Å². The van der Waals surface area contributed by atoms with Gasteiger partial charge in [0.15, 0.2) is 5.96 Å². The summed E-state index contributed by atoms with van der Waals surface area (Å²) in [5, 5.41) is 11.9. The number of guanidine groups is 1. The van der Waals surface area contributed by atoms with Gasteiger partial charge in [0.1, 0.15) is 0 Å². The second-order valence-electron chi connectivity index (χ2n) is 7.27. The van der Waals surface area contributed by atoms with Crippen molar-refractivity contribution in [1.82, 2.24) is 20.4 Å². The first-order valence-electron chi connectivity index (χ1n) is 9.27. The molecule has 24 heavy (non-hydrogen) atoms. The zero-order valence-corrected chi connectivity index (χ0v) is 16.0. The molecule has 1 atom stereocenters. The topological polar surface area (TPSA) is 54.2 Å². The molecule has 2 aliphatic rings. The predicted molar refractivity (Wildman–Crippen MR) is 103 cm³/mol. The Labute approximate surface area is 150 Å². The average Bonchev–Trinajstić information content (AvgIpc) is 3.03. The number of thioether (sulfide) groups is 1. The van der Waals surface area contributed by atoms with Crippen LogP contribution in [0.15, 0.2) is 11.2 Å². The first kappa shape index (κ1) is 17.6. The Balaban J connectivity index is 1.51. The van der Waals surface area contributed by atoms with Crippen molar-refractivity contribution in [3.63, 3.8) is 0 Å². The number of hydrogen-bond acceptors (Lipinski definition) is 3. The zero-order valence-electron chi connectivity index (χ0n) is 15.2. The second kappa shape index (κ2) is 8.28. The fourth-order valence-electron chi connectivity index (χ4n) is 3.48. The first-order valence-corrected chi connectivity index (χ1v) is 10.4. The number of aromatic nitrogens is 2. The van der Waals surface area contributed by atoms with E-state index in [2.05, 4.69) is 52.1 Å². The van der Waals surface area contributed by atoms with Crippen LogP contribution in [-0.2, 0) is 12.8 Å². The van der Waals surface area contributed by atoms with Crippen molar-refractivity contribution in [2.75, 3.05) is 25.1 Å². The molecule has 1 fully saturated rings. The van der Waals surface area contributed by atoms with Gasteiger partial charge in [0, 0.05) is 38.3 Å². The van der Waals surface area contributed by atoms with Crippen molar-refractivity contribution in [1.29, 1.82) is 0 Å². The molecule has 3 rings (SSSR count). The maximum absolute atomic E-state index is 4.77. The van der Waals surface area contributed by atoms with Gasteiger partial charge in [-0.15, -0.1) is 0 Å². The first-order chi connectivity index (χ1) is 11.7. The van der Waals surface area contributed by atoms with Crippen LogP contribution in [0.1, 0.15) is 50.4 Å². The van der Waals surface area contributed by atoms with Gasteiger partial charge in [0.05, 0.1) is 5.69 Å². The molecule has 5 nitrogen and oxygen atoms in total. The second-order valence-corrected chi connectivity index (χ2v) is 8.49. The average molecular weight is 350 g/mol. The minimum atomic E-state index is 0.432. The predicted octanol–water partition coefficient (Wildman–Crippen LogP) is 2.63. The molecule has 1 aliphatic carbocycles. The third kappa shape index (κ3) is 4.47. The van der Waals surface area contributed by atoms with E-state index >= 15 is 0 Å². The van der Waals surface area contributed by atoms with Crippen LogP contribution < -0.4 is 10.6 Å². The van der Waals surface area contributed by atoms with Crippen LogP contribution >= 0.6 is 11.8 Å². The summed E-state index contributed by atoms with van der Waals surface area (Å²) in [6.07, 6.45) is 8.14. The van der Waals surface area contributed by atoms with Gasteiger partial charge < -0.3 is 10.6 Å². The number of aryl methyl sites for hydroxylation is 1. The highest BCUT2D eigenvalue weighted by Gasteiger charge is 2.23. The molecule has 1 saturated heterocycles. The van der Waals surface area contributed by atoms with E-state index in [9.17, 15) is 0 Å². The molecule has 0 spiro atoms. The molecular formula is C18H31N5S. The fraction of sp³-hybridized carbons (Fsp3) is 0.778. The summed E-state index contributed by atoms with van der Waals surface area (Å²) in [5.74, 6) is 4.36. The van der Waals surface area contributed by atoms with Crippen LogP contribution in [-0.4, -0.2) is 46.9 Å². The number of nitrogens with one attached hydrogen (secondary N) is 2. The summed E-state index contributed by atoms with van der Waals surface area (Å²) in [6, 6.07) is 0.867. The summed E-state index contributed by atoms with van der Waals surface area (Å²) < 4.78 is 2.10. The number of nitrogens with zero attached hydrogens (tertiary/aromatic N) is 3. The molecule has 0 amide bonds. The van der Waals surface area contributed by atoms with Crippen LogP contribution in [0, 0.1) is 5.92 Å². The lowest BCUT2D eigenvalue weighted by Crippen LogP contribution is -2.47. The van der Waals surface area contributed by atoms with Crippen molar-refractivity contribution in [3.8, 4) is 0 Å². The Morgan fingerprint density at radius 3 is 2.88 bits per heavy atom. The van der Waals surface area contributed by atoms with Crippen LogP contribution in [0.25, 0.3) is 0 Å². The van der Waals surface area contributed by atoms with Gasteiger partial charge in [-0.3, -0.25) is 9.67 Å². The molecule has 2 heterocycles. The molecule has 2 N–H and O–H groups in total. The Kier molecular flexibility index (Phi) is 6.09. The van der Waals surface area contributed by atoms with Crippen molar-refractivity contribution in [3.05, 3.63) is 17.5 Å². The van der Waals surface area contributed by atoms with E-state index < -0.39 is 0 Å². The third-order valence-corrected chi connectivity index (χ3v) is 6.14. The van der Waals surface area contributed by atoms with Gasteiger partial charge in [-0.25, -0.2) is 0 Å². The smallest absolute Gasteiger partial charge is 0.191 e. The molecule has 0 saturated carbocycles. The SMILES string of the molecule is CN=C(NCC1CCSCC1)NC1CCc2cn(C(C)C)nc2C1. The van der Waals surface area contributed by atoms with Crippen LogP contribution in [0.2, 0.25) is 0 Å². The lowest BCUT2D eigenvalue weighted by molar-refractivity contribution is 0.467. The quantitative estimate of drug-likeness (QED) is 0.648. The molecule has 0 aromatic carbocycles. The molecule has 1 unspecified atom stereocenters. The van der Waals surface area contributed by atoms with Crippen LogP contribution in [0.4, 0.5) is 0 Å². The Bertz CT molecular complexity index is 560. The van der Waals surface area contributed by atoms with Gasteiger partial charge in [0.25, 0.3) is 0 Å². The maximum Gasteiger partial charge on any atom is 0.191 e. The molecule has 0 radical (unpaired) electrons. The lowest BCUT2D eigenvalue weighted by atomic mass is 9.94. The fourth-order valence-corrected chi connectivity index (χ4v) is 4.68. The molecular weight excluding hydrogens is 318 g/mol. The monoisotopic (exact) mass is 349 g/mol. The largest absolute Gasteiger partial charge is 0.356 e. The number of hydrogen-bond donors (Lipinski definition) is 2. The van der Waals surface area contributed by atoms with Crippen molar-refractivity contribution < 1.29 is 0 Å². The summed E-state index contributed by atoms with van der Waals surface area (Å²) in [7, 11) is 1.87. The maximum atomic E-state index is 4.77. The van der Waals surface area contributed by atoms with E-state index in [1.165, 1.54) is 35.6 Å². The van der Waals surface area contributed by atoms with Gasteiger partial charge in [-0.1, -0.05) is 0 Å². The normalized spacial score (nSPS) is 22.5. The van der Waals surface area contributed by atoms with Crippen molar-refractivity contribution in [2.24, 2.45) is 10.9 Å². The van der Waals surface area contributed by atoms with E-state index in [0.717, 1.165) is 37.7 Å². The number of rotatable bonds is 4. The molecule has 1 aromatic rings. The highest BCUT2D eigenvalue weighted by molar-refractivity contribution is 7.99. The van der Waals surface area contributed by atoms with E-state index in [4.69, 9.17) is 5.10 Å². The Morgan fingerprint density at radius 2 is 2.17 bits per heavy atom. The van der Waals surface area contributed by atoms with Crippen LogP contribution in [0.3, 0.4) is 0 Å². The lowest BCUT2D eigenvalue weighted by Gasteiger charge is -2.26. The van der Waals surface area contributed by atoms with E-state index in [1.54, 1.807) is 0 Å². The van der Waals surface area contributed by atoms with Crippen molar-refractivity contribution in [2.45, 2.75) is 58.0 Å². The minimum Gasteiger partial charge on any atom is -0.356 e. The number of aliphatic imine (C=N–C) groups is 1. The molecule has 1 aromatic heterocycles. The highest BCUT2D eigenvalue weighted by atomic mass is 32.2. The highest BCUT2D eigenvalue weighted by Crippen LogP contribution is 2.23. The van der Waals surface area contributed by atoms with Gasteiger partial charge in [-0.2, -0.15) is 16.9 Å². The summed E-state index contributed by atoms with van der Waals surface area (Å²) in [6.45, 7) is 5.41. The van der Waals surface area contributed by atoms with Gasteiger partial charge in [-0.05, 0) is 62.5 Å². The molecule has 134 valence electrons. The van der Waals surface area contributed by atoms with E-state index in [1.807, 2.05) is 7.05 Å².